The first kappa shape index (κ1) is 9.56. The third-order valence-electron chi connectivity index (χ3n) is 2.70. The molecule has 70 valence electrons. The second-order valence-electron chi connectivity index (χ2n) is 3.86. The van der Waals surface area contributed by atoms with Crippen molar-refractivity contribution < 1.29 is 0 Å². The Morgan fingerprint density at radius 1 is 1.50 bits per heavy atom. The lowest BCUT2D eigenvalue weighted by molar-refractivity contribution is 0.314. The predicted octanol–water partition coefficient (Wildman–Crippen LogP) is 2.50. The van der Waals surface area contributed by atoms with Crippen LogP contribution in [0.15, 0.2) is 0 Å². The second-order valence-corrected chi connectivity index (χ2v) is 3.86. The highest BCUT2D eigenvalue weighted by Gasteiger charge is 2.15. The first-order chi connectivity index (χ1) is 5.74. The number of piperidine rings is 1. The molecule has 1 N–H and O–H groups in total. The number of nitrogens with one attached hydrogen (secondary N) is 1. The molecule has 1 unspecified atom stereocenters. The van der Waals surface area contributed by atoms with Crippen LogP contribution in [0.5, 0.6) is 0 Å². The van der Waals surface area contributed by atoms with E-state index in [-0.39, 0.29) is 0 Å². The summed E-state index contributed by atoms with van der Waals surface area (Å²) in [5.74, 6) is 1.60. The maximum Gasteiger partial charge on any atom is 0.0957 e. The van der Waals surface area contributed by atoms with E-state index in [1.54, 1.807) is 0 Å². The number of nitrogens with zero attached hydrogens (tertiary/aromatic N) is 1. The van der Waals surface area contributed by atoms with Gasteiger partial charge in [-0.2, -0.15) is 0 Å². The van der Waals surface area contributed by atoms with Gasteiger partial charge in [0, 0.05) is 19.5 Å². The van der Waals surface area contributed by atoms with Crippen molar-refractivity contribution in [1.82, 2.24) is 4.90 Å². The zero-order chi connectivity index (χ0) is 8.97. The average molecular weight is 168 g/mol. The molecule has 0 spiro atoms. The Morgan fingerprint density at radius 2 is 2.25 bits per heavy atom. The van der Waals surface area contributed by atoms with Crippen molar-refractivity contribution in [3.05, 3.63) is 0 Å². The Balaban J connectivity index is 2.34. The molecule has 0 bridgehead atoms. The molecule has 1 atom stereocenters. The molecule has 2 heteroatoms. The van der Waals surface area contributed by atoms with Crippen molar-refractivity contribution in [3.8, 4) is 0 Å². The van der Waals surface area contributed by atoms with Gasteiger partial charge < -0.3 is 4.90 Å². The Hall–Kier alpha value is -0.530. The van der Waals surface area contributed by atoms with E-state index in [9.17, 15) is 0 Å². The normalized spacial score (nSPS) is 21.2. The highest BCUT2D eigenvalue weighted by molar-refractivity contribution is 5.79. The largest absolute Gasteiger partial charge is 0.360 e. The molecule has 0 amide bonds. The molecule has 0 aromatic carbocycles. The minimum atomic E-state index is 0.739. The van der Waals surface area contributed by atoms with Crippen molar-refractivity contribution in [2.45, 2.75) is 39.5 Å². The third-order valence-corrected chi connectivity index (χ3v) is 2.70. The Labute approximate surface area is 75.5 Å². The molecular weight excluding hydrogens is 148 g/mol. The van der Waals surface area contributed by atoms with E-state index in [1.165, 1.54) is 19.3 Å². The molecule has 1 heterocycles. The fourth-order valence-corrected chi connectivity index (χ4v) is 1.59. The van der Waals surface area contributed by atoms with Gasteiger partial charge in [0.25, 0.3) is 0 Å². The minimum absolute atomic E-state index is 0.739. The molecule has 2 nitrogen and oxygen atoms in total. The summed E-state index contributed by atoms with van der Waals surface area (Å²) in [6, 6.07) is 0. The summed E-state index contributed by atoms with van der Waals surface area (Å²) in [6.45, 7) is 6.69. The van der Waals surface area contributed by atoms with Gasteiger partial charge >= 0.3 is 0 Å². The Kier molecular flexibility index (Phi) is 3.57. The summed E-state index contributed by atoms with van der Waals surface area (Å²) in [7, 11) is 0. The molecule has 0 aromatic heterocycles. The fourth-order valence-electron chi connectivity index (χ4n) is 1.59. The van der Waals surface area contributed by atoms with Crippen molar-refractivity contribution in [1.29, 1.82) is 5.41 Å². The lowest BCUT2D eigenvalue weighted by atomic mass is 10.1. The van der Waals surface area contributed by atoms with Crippen molar-refractivity contribution in [3.63, 3.8) is 0 Å². The molecule has 1 aliphatic rings. The van der Waals surface area contributed by atoms with Gasteiger partial charge in [0.1, 0.15) is 0 Å². The molecule has 0 aromatic rings. The van der Waals surface area contributed by atoms with E-state index < -0.39 is 0 Å². The van der Waals surface area contributed by atoms with Gasteiger partial charge in [-0.05, 0) is 18.8 Å². The van der Waals surface area contributed by atoms with E-state index in [1.807, 2.05) is 0 Å². The van der Waals surface area contributed by atoms with Gasteiger partial charge in [0.05, 0.1) is 5.84 Å². The van der Waals surface area contributed by atoms with E-state index in [0.717, 1.165) is 31.3 Å². The summed E-state index contributed by atoms with van der Waals surface area (Å²) in [4.78, 5) is 2.25. The first-order valence-electron chi connectivity index (χ1n) is 5.06. The van der Waals surface area contributed by atoms with Gasteiger partial charge in [0.15, 0.2) is 0 Å². The maximum atomic E-state index is 7.74. The number of likely N-dealkylation sites (tertiary alicyclic amines) is 1. The minimum Gasteiger partial charge on any atom is -0.360 e. The molecule has 0 aliphatic carbocycles. The lowest BCUT2D eigenvalue weighted by Crippen LogP contribution is -2.37. The summed E-state index contributed by atoms with van der Waals surface area (Å²) < 4.78 is 0. The number of amidine groups is 1. The second kappa shape index (κ2) is 4.48. The monoisotopic (exact) mass is 168 g/mol. The topological polar surface area (TPSA) is 27.1 Å². The van der Waals surface area contributed by atoms with Crippen molar-refractivity contribution >= 4 is 5.84 Å². The van der Waals surface area contributed by atoms with E-state index in [2.05, 4.69) is 18.7 Å². The molecule has 12 heavy (non-hydrogen) atoms. The van der Waals surface area contributed by atoms with Crippen LogP contribution in [0.25, 0.3) is 0 Å². The van der Waals surface area contributed by atoms with Crippen LogP contribution in [-0.4, -0.2) is 23.8 Å². The van der Waals surface area contributed by atoms with Gasteiger partial charge in [-0.3, -0.25) is 5.41 Å². The average Bonchev–Trinajstić information content (AvgIpc) is 2.09. The van der Waals surface area contributed by atoms with Crippen molar-refractivity contribution in [2.75, 3.05) is 13.1 Å². The molecular formula is C10H20N2. The smallest absolute Gasteiger partial charge is 0.0957 e. The SMILES string of the molecule is CCC(C)CN1CCCCC1=N. The summed E-state index contributed by atoms with van der Waals surface area (Å²) in [5, 5.41) is 7.74. The maximum absolute atomic E-state index is 7.74. The molecule has 1 aliphatic heterocycles. The van der Waals surface area contributed by atoms with E-state index in [4.69, 9.17) is 5.41 Å². The van der Waals surface area contributed by atoms with Gasteiger partial charge in [0.2, 0.25) is 0 Å². The van der Waals surface area contributed by atoms with Crippen LogP contribution in [-0.2, 0) is 0 Å². The molecule has 1 saturated heterocycles. The van der Waals surface area contributed by atoms with Crippen molar-refractivity contribution in [2.24, 2.45) is 5.92 Å². The van der Waals surface area contributed by atoms with Crippen LogP contribution in [0.4, 0.5) is 0 Å². The fraction of sp³-hybridized carbons (Fsp3) is 0.900. The van der Waals surface area contributed by atoms with Gasteiger partial charge in [-0.25, -0.2) is 0 Å². The van der Waals surface area contributed by atoms with Crippen LogP contribution in [0.3, 0.4) is 0 Å². The van der Waals surface area contributed by atoms with Crippen LogP contribution in [0, 0.1) is 11.3 Å². The molecule has 0 saturated carbocycles. The molecule has 1 rings (SSSR count). The zero-order valence-electron chi connectivity index (χ0n) is 8.27. The van der Waals surface area contributed by atoms with Gasteiger partial charge in [-0.1, -0.05) is 20.3 Å². The summed E-state index contributed by atoms with van der Waals surface area (Å²) in [5.41, 5.74) is 0. The number of hydrogen-bond acceptors (Lipinski definition) is 1. The Morgan fingerprint density at radius 3 is 2.83 bits per heavy atom. The highest BCUT2D eigenvalue weighted by Crippen LogP contribution is 2.13. The first-order valence-corrected chi connectivity index (χ1v) is 5.06. The Bertz CT molecular complexity index is 154. The molecule has 1 fully saturated rings. The molecule has 0 radical (unpaired) electrons. The van der Waals surface area contributed by atoms with Crippen LogP contribution in [0.2, 0.25) is 0 Å². The van der Waals surface area contributed by atoms with Gasteiger partial charge in [-0.15, -0.1) is 0 Å². The van der Waals surface area contributed by atoms with E-state index >= 15 is 0 Å². The van der Waals surface area contributed by atoms with Crippen LogP contribution >= 0.6 is 0 Å². The summed E-state index contributed by atoms with van der Waals surface area (Å²) in [6.07, 6.45) is 4.72. The summed E-state index contributed by atoms with van der Waals surface area (Å²) >= 11 is 0. The van der Waals surface area contributed by atoms with Crippen LogP contribution in [0.1, 0.15) is 39.5 Å². The lowest BCUT2D eigenvalue weighted by Gasteiger charge is -2.31. The zero-order valence-corrected chi connectivity index (χ0v) is 8.27. The van der Waals surface area contributed by atoms with Crippen LogP contribution < -0.4 is 0 Å². The third kappa shape index (κ3) is 2.50. The predicted molar refractivity (Wildman–Crippen MR) is 52.6 cm³/mol. The number of rotatable bonds is 3. The number of hydrogen-bond donors (Lipinski definition) is 1. The standard InChI is InChI=1S/C10H20N2/c1-3-9(2)8-12-7-5-4-6-10(12)11/h9,11H,3-8H2,1-2H3. The van der Waals surface area contributed by atoms with E-state index in [0.29, 0.717) is 0 Å². The quantitative estimate of drug-likeness (QED) is 0.688. The highest BCUT2D eigenvalue weighted by atomic mass is 15.2.